The first-order valence-corrected chi connectivity index (χ1v) is 10.9. The predicted molar refractivity (Wildman–Crippen MR) is 123 cm³/mol. The Kier molecular flexibility index (Phi) is 4.58. The van der Waals surface area contributed by atoms with Crippen molar-refractivity contribution in [3.8, 4) is 11.4 Å². The molecule has 3 aromatic carbocycles. The Morgan fingerprint density at radius 1 is 1.07 bits per heavy atom. The van der Waals surface area contributed by atoms with Crippen LogP contribution in [-0.4, -0.2) is 22.0 Å². The highest BCUT2D eigenvalue weighted by molar-refractivity contribution is 6.05. The summed E-state index contributed by atoms with van der Waals surface area (Å²) in [4.78, 5) is 18.5. The normalized spacial score (nSPS) is 14.8. The fraction of sp³-hybridized carbons (Fsp3) is 0.308. The maximum atomic E-state index is 13.5. The molecule has 0 aliphatic carbocycles. The topological polar surface area (TPSA) is 46.9 Å². The highest BCUT2D eigenvalue weighted by Gasteiger charge is 2.34. The molecule has 2 heterocycles. The van der Waals surface area contributed by atoms with E-state index in [0.29, 0.717) is 6.54 Å². The first-order valence-electron chi connectivity index (χ1n) is 10.9. The molecule has 1 aromatic heterocycles. The molecule has 1 unspecified atom stereocenters. The first-order chi connectivity index (χ1) is 14.6. The molecule has 0 bridgehead atoms. The Hall–Kier alpha value is -3.14. The summed E-state index contributed by atoms with van der Waals surface area (Å²) in [6.07, 6.45) is 3.27. The Bertz CT molecular complexity index is 1280. The van der Waals surface area contributed by atoms with Crippen molar-refractivity contribution in [3.05, 3.63) is 65.2 Å². The van der Waals surface area contributed by atoms with Gasteiger partial charge in [-0.05, 0) is 59.9 Å². The van der Waals surface area contributed by atoms with Crippen LogP contribution in [0.15, 0.2) is 48.5 Å². The molecule has 4 nitrogen and oxygen atoms in total. The third kappa shape index (κ3) is 2.82. The largest absolute Gasteiger partial charge is 0.354 e. The third-order valence-corrected chi connectivity index (χ3v) is 6.36. The molecule has 1 aliphatic rings. The second-order valence-electron chi connectivity index (χ2n) is 8.38. The second kappa shape index (κ2) is 7.28. The van der Waals surface area contributed by atoms with Gasteiger partial charge in [-0.15, -0.1) is 0 Å². The van der Waals surface area contributed by atoms with Gasteiger partial charge in [0.05, 0.1) is 11.0 Å². The number of unbranched alkanes of at least 4 members (excludes halogenated alkanes) is 2. The van der Waals surface area contributed by atoms with Crippen molar-refractivity contribution < 1.29 is 4.79 Å². The summed E-state index contributed by atoms with van der Waals surface area (Å²) in [5.41, 5.74) is 6.55. The number of amides is 1. The number of benzene rings is 3. The Labute approximate surface area is 176 Å². The van der Waals surface area contributed by atoms with Gasteiger partial charge in [-0.1, -0.05) is 56.2 Å². The van der Waals surface area contributed by atoms with Crippen LogP contribution in [0.25, 0.3) is 33.2 Å². The lowest BCUT2D eigenvalue weighted by molar-refractivity contribution is -0.123. The van der Waals surface area contributed by atoms with Gasteiger partial charge in [0.15, 0.2) is 0 Å². The fourth-order valence-electron chi connectivity index (χ4n) is 4.67. The average Bonchev–Trinajstić information content (AvgIpc) is 3.10. The lowest BCUT2D eigenvalue weighted by Gasteiger charge is -2.28. The molecule has 30 heavy (non-hydrogen) atoms. The zero-order valence-corrected chi connectivity index (χ0v) is 17.8. The molecule has 4 heteroatoms. The van der Waals surface area contributed by atoms with Gasteiger partial charge in [0.1, 0.15) is 11.9 Å². The zero-order chi connectivity index (χ0) is 20.8. The number of nitrogens with zero attached hydrogens (tertiary/aromatic N) is 2. The summed E-state index contributed by atoms with van der Waals surface area (Å²) in [6.45, 7) is 7.11. The molecule has 4 aromatic rings. The number of hydrogen-bond donors (Lipinski definition) is 1. The van der Waals surface area contributed by atoms with Gasteiger partial charge in [0, 0.05) is 12.1 Å². The lowest BCUT2D eigenvalue weighted by Crippen LogP contribution is -2.35. The highest BCUT2D eigenvalue weighted by atomic mass is 16.2. The summed E-state index contributed by atoms with van der Waals surface area (Å²) >= 11 is 0. The van der Waals surface area contributed by atoms with Gasteiger partial charge >= 0.3 is 0 Å². The molecule has 1 N–H and O–H groups in total. The van der Waals surface area contributed by atoms with E-state index in [2.05, 4.69) is 79.2 Å². The number of rotatable bonds is 5. The van der Waals surface area contributed by atoms with Crippen molar-refractivity contribution in [2.45, 2.75) is 46.1 Å². The van der Waals surface area contributed by atoms with E-state index in [1.54, 1.807) is 0 Å². The van der Waals surface area contributed by atoms with Gasteiger partial charge in [-0.3, -0.25) is 4.79 Å². The summed E-state index contributed by atoms with van der Waals surface area (Å²) in [5.74, 6) is 0.930. The zero-order valence-electron chi connectivity index (χ0n) is 17.8. The van der Waals surface area contributed by atoms with Gasteiger partial charge in [0.25, 0.3) is 0 Å². The third-order valence-electron chi connectivity index (χ3n) is 6.36. The summed E-state index contributed by atoms with van der Waals surface area (Å²) in [5, 5.41) is 5.49. The summed E-state index contributed by atoms with van der Waals surface area (Å²) < 4.78 is 2.15. The first kappa shape index (κ1) is 18.9. The van der Waals surface area contributed by atoms with Gasteiger partial charge in [-0.2, -0.15) is 0 Å². The van der Waals surface area contributed by atoms with Gasteiger partial charge < -0.3 is 9.88 Å². The number of nitrogens with one attached hydrogen (secondary N) is 1. The molecule has 0 fully saturated rings. The number of aromatic nitrogens is 2. The van der Waals surface area contributed by atoms with Crippen LogP contribution in [0.5, 0.6) is 0 Å². The van der Waals surface area contributed by atoms with E-state index in [4.69, 9.17) is 4.98 Å². The molecule has 0 radical (unpaired) electrons. The van der Waals surface area contributed by atoms with E-state index in [1.807, 2.05) is 0 Å². The van der Waals surface area contributed by atoms with E-state index in [0.717, 1.165) is 58.0 Å². The van der Waals surface area contributed by atoms with Crippen molar-refractivity contribution in [2.24, 2.45) is 0 Å². The predicted octanol–water partition coefficient (Wildman–Crippen LogP) is 5.68. The minimum absolute atomic E-state index is 0.0480. The molecule has 5 rings (SSSR count). The summed E-state index contributed by atoms with van der Waals surface area (Å²) in [6, 6.07) is 16.5. The van der Waals surface area contributed by atoms with Crippen molar-refractivity contribution in [3.63, 3.8) is 0 Å². The molecule has 0 spiro atoms. The van der Waals surface area contributed by atoms with Crippen LogP contribution in [0, 0.1) is 13.8 Å². The SMILES string of the molecule is CCCCCNC(=O)C1c2cccc3cccc(c23)-c2nc3cc(C)c(C)cc3n21. The van der Waals surface area contributed by atoms with Crippen molar-refractivity contribution in [1.29, 1.82) is 0 Å². The average molecular weight is 398 g/mol. The highest BCUT2D eigenvalue weighted by Crippen LogP contribution is 2.43. The van der Waals surface area contributed by atoms with Gasteiger partial charge in [0.2, 0.25) is 5.91 Å². The smallest absolute Gasteiger partial charge is 0.247 e. The van der Waals surface area contributed by atoms with Crippen molar-refractivity contribution in [1.82, 2.24) is 14.9 Å². The fourth-order valence-corrected chi connectivity index (χ4v) is 4.67. The molecule has 1 amide bonds. The Morgan fingerprint density at radius 3 is 2.63 bits per heavy atom. The van der Waals surface area contributed by atoms with Crippen LogP contribution in [0.2, 0.25) is 0 Å². The molecule has 1 aliphatic heterocycles. The van der Waals surface area contributed by atoms with E-state index < -0.39 is 6.04 Å². The van der Waals surface area contributed by atoms with E-state index in [-0.39, 0.29) is 5.91 Å². The van der Waals surface area contributed by atoms with Crippen LogP contribution < -0.4 is 5.32 Å². The number of imidazole rings is 1. The van der Waals surface area contributed by atoms with E-state index >= 15 is 0 Å². The quantitative estimate of drug-likeness (QED) is 0.440. The Balaban J connectivity index is 1.75. The van der Waals surface area contributed by atoms with Crippen LogP contribution in [0.3, 0.4) is 0 Å². The van der Waals surface area contributed by atoms with E-state index in [1.165, 1.54) is 11.1 Å². The number of carbonyl (C=O) groups is 1. The number of aryl methyl sites for hydroxylation is 2. The van der Waals surface area contributed by atoms with Gasteiger partial charge in [-0.25, -0.2) is 4.98 Å². The van der Waals surface area contributed by atoms with Crippen LogP contribution >= 0.6 is 0 Å². The lowest BCUT2D eigenvalue weighted by atomic mass is 9.90. The van der Waals surface area contributed by atoms with Crippen LogP contribution in [-0.2, 0) is 4.79 Å². The van der Waals surface area contributed by atoms with Crippen LogP contribution in [0.4, 0.5) is 0 Å². The standard InChI is InChI=1S/C26H27N3O/c1-4-5-6-13-27-26(30)24-19-11-7-9-18-10-8-12-20(23(18)19)25-28-21-14-16(2)17(3)15-22(21)29(24)25/h7-12,14-15,24H,4-6,13H2,1-3H3,(H,27,30). The van der Waals surface area contributed by atoms with Crippen LogP contribution in [0.1, 0.15) is 48.9 Å². The second-order valence-corrected chi connectivity index (χ2v) is 8.38. The molecule has 0 saturated heterocycles. The summed E-state index contributed by atoms with van der Waals surface area (Å²) in [7, 11) is 0. The number of fused-ring (bicyclic) bond motifs is 4. The molecular formula is C26H27N3O. The monoisotopic (exact) mass is 397 g/mol. The van der Waals surface area contributed by atoms with E-state index in [9.17, 15) is 4.79 Å². The molecule has 152 valence electrons. The minimum Gasteiger partial charge on any atom is -0.354 e. The number of carbonyl (C=O) groups excluding carboxylic acids is 1. The Morgan fingerprint density at radius 2 is 1.83 bits per heavy atom. The maximum absolute atomic E-state index is 13.5. The molecule has 1 atom stereocenters. The maximum Gasteiger partial charge on any atom is 0.247 e. The van der Waals surface area contributed by atoms with Crippen molar-refractivity contribution >= 4 is 27.7 Å². The number of hydrogen-bond acceptors (Lipinski definition) is 2. The minimum atomic E-state index is -0.410. The van der Waals surface area contributed by atoms with Crippen molar-refractivity contribution in [2.75, 3.05) is 6.54 Å². The molecular weight excluding hydrogens is 370 g/mol. The molecule has 0 saturated carbocycles.